The van der Waals surface area contributed by atoms with Crippen molar-refractivity contribution in [3.63, 3.8) is 0 Å². The van der Waals surface area contributed by atoms with Crippen molar-refractivity contribution in [2.24, 2.45) is 0 Å². The van der Waals surface area contributed by atoms with Gasteiger partial charge in [0.2, 0.25) is 0 Å². The number of methoxy groups -OCH3 is 1. The summed E-state index contributed by atoms with van der Waals surface area (Å²) in [4.78, 5) is 10.4. The summed E-state index contributed by atoms with van der Waals surface area (Å²) in [5.41, 5.74) is -0.0732. The smallest absolute Gasteiger partial charge is 0.314 e. The van der Waals surface area contributed by atoms with Crippen molar-refractivity contribution in [2.45, 2.75) is 12.5 Å². The third-order valence-electron chi connectivity index (χ3n) is 2.66. The summed E-state index contributed by atoms with van der Waals surface area (Å²) in [6.07, 6.45) is 1.00. The van der Waals surface area contributed by atoms with Gasteiger partial charge in [0.15, 0.2) is 5.75 Å². The van der Waals surface area contributed by atoms with E-state index in [-0.39, 0.29) is 17.5 Å². The number of nitrogens with zero attached hydrogens (tertiary/aromatic N) is 1. The molecule has 1 heterocycles. The summed E-state index contributed by atoms with van der Waals surface area (Å²) in [5, 5.41) is 14.0. The van der Waals surface area contributed by atoms with Crippen molar-refractivity contribution in [2.75, 3.05) is 20.2 Å². The highest BCUT2D eigenvalue weighted by Gasteiger charge is 2.19. The molecule has 1 aromatic carbocycles. The van der Waals surface area contributed by atoms with E-state index in [4.69, 9.17) is 9.47 Å². The molecule has 0 aliphatic carbocycles. The first-order valence-electron chi connectivity index (χ1n) is 5.40. The molecule has 1 aliphatic heterocycles. The van der Waals surface area contributed by atoms with Crippen LogP contribution in [0.25, 0.3) is 0 Å². The van der Waals surface area contributed by atoms with Gasteiger partial charge in [-0.25, -0.2) is 0 Å². The van der Waals surface area contributed by atoms with Gasteiger partial charge in [0.05, 0.1) is 18.1 Å². The Morgan fingerprint density at radius 1 is 1.53 bits per heavy atom. The van der Waals surface area contributed by atoms with E-state index in [1.165, 1.54) is 13.2 Å². The quantitative estimate of drug-likeness (QED) is 0.633. The molecule has 0 saturated carbocycles. The predicted molar refractivity (Wildman–Crippen MR) is 61.6 cm³/mol. The summed E-state index contributed by atoms with van der Waals surface area (Å²) in [6.45, 7) is 1.70. The fraction of sp³-hybridized carbons (Fsp3) is 0.455. The number of nitrogens with one attached hydrogen (secondary N) is 1. The average molecular weight is 238 g/mol. The highest BCUT2D eigenvalue weighted by Crippen LogP contribution is 2.31. The van der Waals surface area contributed by atoms with Gasteiger partial charge in [-0.3, -0.25) is 10.1 Å². The van der Waals surface area contributed by atoms with Crippen molar-refractivity contribution >= 4 is 5.69 Å². The molecule has 1 aromatic rings. The zero-order chi connectivity index (χ0) is 12.3. The number of nitro benzene ring substituents is 1. The Morgan fingerprint density at radius 2 is 2.35 bits per heavy atom. The molecule has 17 heavy (non-hydrogen) atoms. The van der Waals surface area contributed by atoms with E-state index in [1.807, 2.05) is 0 Å². The van der Waals surface area contributed by atoms with E-state index in [2.05, 4.69) is 5.32 Å². The zero-order valence-corrected chi connectivity index (χ0v) is 9.51. The van der Waals surface area contributed by atoms with Crippen LogP contribution in [0.3, 0.4) is 0 Å². The lowest BCUT2D eigenvalue weighted by Crippen LogP contribution is -2.19. The van der Waals surface area contributed by atoms with Crippen molar-refractivity contribution < 1.29 is 14.4 Å². The number of hydrogen-bond donors (Lipinski definition) is 1. The summed E-state index contributed by atoms with van der Waals surface area (Å²) < 4.78 is 10.6. The monoisotopic (exact) mass is 238 g/mol. The van der Waals surface area contributed by atoms with E-state index < -0.39 is 4.92 Å². The number of rotatable bonds is 4. The predicted octanol–water partition coefficient (Wildman–Crippen LogP) is 1.34. The first kappa shape index (κ1) is 11.7. The van der Waals surface area contributed by atoms with Gasteiger partial charge in [-0.15, -0.1) is 0 Å². The Balaban J connectivity index is 2.17. The molecule has 0 bridgehead atoms. The Hall–Kier alpha value is -1.82. The number of ether oxygens (including phenoxy) is 2. The molecule has 1 atom stereocenters. The van der Waals surface area contributed by atoms with Crippen LogP contribution in [0.2, 0.25) is 0 Å². The standard InChI is InChI=1S/C11H14N2O4/c1-16-11-3-2-8(6-10(11)13(14)15)17-9-4-5-12-7-9/h2-3,6,9,12H,4-5,7H2,1H3/t9-/m1/s1. The maximum atomic E-state index is 10.8. The summed E-state index contributed by atoms with van der Waals surface area (Å²) in [5.74, 6) is 0.748. The molecule has 6 heteroatoms. The molecule has 6 nitrogen and oxygen atoms in total. The highest BCUT2D eigenvalue weighted by atomic mass is 16.6. The summed E-state index contributed by atoms with van der Waals surface area (Å²) in [7, 11) is 1.41. The first-order valence-corrected chi connectivity index (χ1v) is 5.40. The lowest BCUT2D eigenvalue weighted by Gasteiger charge is -2.12. The second-order valence-corrected chi connectivity index (χ2v) is 3.82. The maximum Gasteiger partial charge on any atom is 0.314 e. The highest BCUT2D eigenvalue weighted by molar-refractivity contribution is 5.50. The molecular weight excluding hydrogens is 224 g/mol. The zero-order valence-electron chi connectivity index (χ0n) is 9.51. The van der Waals surface area contributed by atoms with Crippen LogP contribution in [-0.2, 0) is 0 Å². The van der Waals surface area contributed by atoms with Gasteiger partial charge in [0.1, 0.15) is 11.9 Å². The molecule has 0 unspecified atom stereocenters. The summed E-state index contributed by atoms with van der Waals surface area (Å²) in [6, 6.07) is 4.64. The molecular formula is C11H14N2O4. The van der Waals surface area contributed by atoms with Crippen molar-refractivity contribution in [1.29, 1.82) is 0 Å². The van der Waals surface area contributed by atoms with Crippen LogP contribution in [0, 0.1) is 10.1 Å². The number of hydrogen-bond acceptors (Lipinski definition) is 5. The molecule has 0 spiro atoms. The lowest BCUT2D eigenvalue weighted by molar-refractivity contribution is -0.385. The van der Waals surface area contributed by atoms with Crippen LogP contribution in [0.1, 0.15) is 6.42 Å². The molecule has 1 fully saturated rings. The van der Waals surface area contributed by atoms with Crippen LogP contribution in [0.5, 0.6) is 11.5 Å². The van der Waals surface area contributed by atoms with E-state index in [0.29, 0.717) is 5.75 Å². The molecule has 1 aliphatic rings. The molecule has 92 valence electrons. The third-order valence-corrected chi connectivity index (χ3v) is 2.66. The number of nitro groups is 1. The van der Waals surface area contributed by atoms with Crippen molar-refractivity contribution in [3.8, 4) is 11.5 Å². The van der Waals surface area contributed by atoms with E-state index >= 15 is 0 Å². The maximum absolute atomic E-state index is 10.8. The Bertz CT molecular complexity index is 416. The molecule has 0 amide bonds. The second-order valence-electron chi connectivity index (χ2n) is 3.82. The number of benzene rings is 1. The average Bonchev–Trinajstić information content (AvgIpc) is 2.81. The third kappa shape index (κ3) is 2.65. The van der Waals surface area contributed by atoms with Gasteiger partial charge in [0, 0.05) is 6.54 Å². The van der Waals surface area contributed by atoms with E-state index in [1.54, 1.807) is 12.1 Å². The van der Waals surface area contributed by atoms with Crippen LogP contribution in [0.4, 0.5) is 5.69 Å². The van der Waals surface area contributed by atoms with Crippen LogP contribution in [-0.4, -0.2) is 31.2 Å². The minimum absolute atomic E-state index is 0.0732. The van der Waals surface area contributed by atoms with E-state index in [9.17, 15) is 10.1 Å². The van der Waals surface area contributed by atoms with Gasteiger partial charge in [-0.1, -0.05) is 0 Å². The fourth-order valence-corrected chi connectivity index (χ4v) is 1.81. The fourth-order valence-electron chi connectivity index (χ4n) is 1.81. The normalized spacial score (nSPS) is 19.0. The molecule has 0 aromatic heterocycles. The minimum atomic E-state index is -0.474. The van der Waals surface area contributed by atoms with E-state index in [0.717, 1.165) is 19.5 Å². The van der Waals surface area contributed by atoms with Crippen LogP contribution < -0.4 is 14.8 Å². The molecule has 0 radical (unpaired) electrons. The summed E-state index contributed by atoms with van der Waals surface area (Å²) >= 11 is 0. The Kier molecular flexibility index (Phi) is 3.43. The molecule has 1 N–H and O–H groups in total. The van der Waals surface area contributed by atoms with Crippen molar-refractivity contribution in [3.05, 3.63) is 28.3 Å². The van der Waals surface area contributed by atoms with Crippen LogP contribution in [0.15, 0.2) is 18.2 Å². The van der Waals surface area contributed by atoms with Crippen LogP contribution >= 0.6 is 0 Å². The molecule has 2 rings (SSSR count). The van der Waals surface area contributed by atoms with Gasteiger partial charge < -0.3 is 14.8 Å². The van der Waals surface area contributed by atoms with Gasteiger partial charge >= 0.3 is 5.69 Å². The molecule has 1 saturated heterocycles. The van der Waals surface area contributed by atoms with Gasteiger partial charge in [0.25, 0.3) is 0 Å². The first-order chi connectivity index (χ1) is 8.20. The minimum Gasteiger partial charge on any atom is -0.490 e. The Labute approximate surface area is 98.7 Å². The Morgan fingerprint density at radius 3 is 2.94 bits per heavy atom. The topological polar surface area (TPSA) is 73.6 Å². The SMILES string of the molecule is COc1ccc(O[C@@H]2CCNC2)cc1[N+](=O)[O-]. The van der Waals surface area contributed by atoms with Gasteiger partial charge in [-0.2, -0.15) is 0 Å². The van der Waals surface area contributed by atoms with Gasteiger partial charge in [-0.05, 0) is 25.1 Å². The lowest BCUT2D eigenvalue weighted by atomic mass is 10.2. The largest absolute Gasteiger partial charge is 0.490 e. The van der Waals surface area contributed by atoms with Crippen molar-refractivity contribution in [1.82, 2.24) is 5.32 Å². The second kappa shape index (κ2) is 5.01.